The van der Waals surface area contributed by atoms with Gasteiger partial charge in [0.05, 0.1) is 29.2 Å². The Morgan fingerprint density at radius 3 is 1.95 bits per heavy atom. The molecule has 0 spiro atoms. The molecule has 37 heavy (non-hydrogen) atoms. The molecule has 191 valence electrons. The average molecular weight is 539 g/mol. The van der Waals surface area contributed by atoms with Crippen LogP contribution in [0.15, 0.2) is 94.7 Å². The van der Waals surface area contributed by atoms with Gasteiger partial charge in [-0.2, -0.15) is 0 Å². The number of nitrogens with zero attached hydrogens (tertiary/aromatic N) is 1. The van der Waals surface area contributed by atoms with Crippen molar-refractivity contribution >= 4 is 31.7 Å². The first-order valence-electron chi connectivity index (χ1n) is 11.0. The molecule has 0 unspecified atom stereocenters. The molecule has 1 radical (unpaired) electrons. The van der Waals surface area contributed by atoms with Gasteiger partial charge in [-0.1, -0.05) is 60.0 Å². The van der Waals surface area contributed by atoms with E-state index in [1.165, 1.54) is 36.4 Å². The predicted octanol–water partition coefficient (Wildman–Crippen LogP) is 2.79. The number of carbonyl (C=O) groups is 2. The number of aryl methyl sites for hydroxylation is 1. The van der Waals surface area contributed by atoms with Crippen molar-refractivity contribution in [3.63, 3.8) is 0 Å². The lowest BCUT2D eigenvalue weighted by Gasteiger charge is -2.24. The predicted molar refractivity (Wildman–Crippen MR) is 137 cm³/mol. The van der Waals surface area contributed by atoms with Crippen molar-refractivity contribution in [2.75, 3.05) is 19.4 Å². The van der Waals surface area contributed by atoms with Crippen molar-refractivity contribution in [3.8, 4) is 11.8 Å². The van der Waals surface area contributed by atoms with Crippen LogP contribution in [0.5, 0.6) is 0 Å². The normalized spacial score (nSPS) is 11.3. The second-order valence-corrected chi connectivity index (χ2v) is 11.8. The van der Waals surface area contributed by atoms with Crippen LogP contribution in [-0.4, -0.2) is 52.4 Å². The summed E-state index contributed by atoms with van der Waals surface area (Å²) in [6, 6.07) is 21.5. The Balaban J connectivity index is 2.04. The van der Waals surface area contributed by atoms with E-state index in [2.05, 4.69) is 11.8 Å². The van der Waals surface area contributed by atoms with Crippen molar-refractivity contribution in [2.45, 2.75) is 16.7 Å². The Morgan fingerprint density at radius 2 is 1.38 bits per heavy atom. The molecule has 0 N–H and O–H groups in total. The van der Waals surface area contributed by atoms with E-state index in [-0.39, 0.29) is 9.79 Å². The lowest BCUT2D eigenvalue weighted by Crippen LogP contribution is -2.42. The number of methoxy groups -OCH3 is 1. The van der Waals surface area contributed by atoms with E-state index in [9.17, 15) is 26.4 Å². The number of ether oxygens (including phenoxy) is 1. The van der Waals surface area contributed by atoms with Gasteiger partial charge in [-0.05, 0) is 43.3 Å². The van der Waals surface area contributed by atoms with Crippen LogP contribution in [0.2, 0.25) is 0 Å². The standard InChI is InChI=1S/C27H24NO7S2/c1-21-13-16-25(17-14-21)37(33,34)28(26(29)18-15-22-9-5-3-6-10-22)19-23(27(30)35-2)20-36(31,32)24-11-7-4-8-12-24/h3-14,16-17H,19-20H2,1-2H3. The summed E-state index contributed by atoms with van der Waals surface area (Å²) in [5.41, 5.74) is 1.25. The van der Waals surface area contributed by atoms with E-state index in [0.717, 1.165) is 12.7 Å². The number of rotatable bonds is 8. The van der Waals surface area contributed by atoms with Crippen LogP contribution >= 0.6 is 0 Å². The van der Waals surface area contributed by atoms with E-state index in [1.807, 2.05) is 0 Å². The Labute approximate surface area is 216 Å². The summed E-state index contributed by atoms with van der Waals surface area (Å²) in [7, 11) is -7.55. The zero-order valence-corrected chi connectivity index (χ0v) is 21.8. The number of sulfonamides is 1. The third-order valence-electron chi connectivity index (χ3n) is 5.20. The van der Waals surface area contributed by atoms with Gasteiger partial charge in [0.15, 0.2) is 9.84 Å². The molecule has 0 saturated carbocycles. The number of esters is 1. The molecule has 0 aliphatic rings. The molecule has 3 aromatic carbocycles. The molecule has 0 aliphatic carbocycles. The molecule has 0 heterocycles. The fourth-order valence-electron chi connectivity index (χ4n) is 3.24. The van der Waals surface area contributed by atoms with Crippen LogP contribution in [0.4, 0.5) is 0 Å². The minimum atomic E-state index is -4.52. The van der Waals surface area contributed by atoms with Crippen LogP contribution < -0.4 is 0 Å². The fraction of sp³-hybridized carbons (Fsp3) is 0.148. The zero-order valence-electron chi connectivity index (χ0n) is 20.1. The molecule has 3 rings (SSSR count). The van der Waals surface area contributed by atoms with E-state index >= 15 is 0 Å². The van der Waals surface area contributed by atoms with Gasteiger partial charge in [-0.3, -0.25) is 9.59 Å². The lowest BCUT2D eigenvalue weighted by atomic mass is 10.2. The van der Waals surface area contributed by atoms with E-state index < -0.39 is 50.0 Å². The second kappa shape index (κ2) is 11.9. The van der Waals surface area contributed by atoms with Crippen LogP contribution in [0.25, 0.3) is 0 Å². The highest BCUT2D eigenvalue weighted by Crippen LogP contribution is 2.22. The summed E-state index contributed by atoms with van der Waals surface area (Å²) in [4.78, 5) is 25.4. The highest BCUT2D eigenvalue weighted by Gasteiger charge is 2.37. The van der Waals surface area contributed by atoms with Gasteiger partial charge in [0, 0.05) is 11.5 Å². The number of hydrogen-bond donors (Lipinski definition) is 0. The number of amides is 1. The van der Waals surface area contributed by atoms with Crippen molar-refractivity contribution < 1.29 is 31.2 Å². The van der Waals surface area contributed by atoms with Gasteiger partial charge in [0.25, 0.3) is 10.0 Å². The van der Waals surface area contributed by atoms with Gasteiger partial charge in [-0.25, -0.2) is 21.1 Å². The molecule has 0 atom stereocenters. The largest absolute Gasteiger partial charge is 0.468 e. The molecule has 0 aromatic heterocycles. The number of hydrogen-bond acceptors (Lipinski definition) is 7. The summed E-state index contributed by atoms with van der Waals surface area (Å²) < 4.78 is 58.1. The number of carbonyl (C=O) groups excluding carboxylic acids is 2. The van der Waals surface area contributed by atoms with Gasteiger partial charge < -0.3 is 4.74 Å². The zero-order chi connectivity index (χ0) is 27.1. The monoisotopic (exact) mass is 538 g/mol. The Morgan fingerprint density at radius 1 is 0.811 bits per heavy atom. The first-order chi connectivity index (χ1) is 17.5. The number of benzene rings is 3. The fourth-order valence-corrected chi connectivity index (χ4v) is 5.97. The molecule has 1 amide bonds. The van der Waals surface area contributed by atoms with Crippen LogP contribution in [0, 0.1) is 24.7 Å². The molecule has 0 aliphatic heterocycles. The summed E-state index contributed by atoms with van der Waals surface area (Å²) >= 11 is 0. The second-order valence-electron chi connectivity index (χ2n) is 7.91. The van der Waals surface area contributed by atoms with Gasteiger partial charge in [-0.15, -0.1) is 0 Å². The Hall–Kier alpha value is -3.94. The number of sulfone groups is 1. The maximum atomic E-state index is 13.5. The van der Waals surface area contributed by atoms with Crippen molar-refractivity contribution in [3.05, 3.63) is 102 Å². The molecule has 10 heteroatoms. The van der Waals surface area contributed by atoms with E-state index in [0.29, 0.717) is 9.87 Å². The van der Waals surface area contributed by atoms with Crippen molar-refractivity contribution in [2.24, 2.45) is 0 Å². The highest BCUT2D eigenvalue weighted by molar-refractivity contribution is 7.91. The summed E-state index contributed by atoms with van der Waals surface area (Å²) in [6.07, 6.45) is 0. The van der Waals surface area contributed by atoms with Crippen LogP contribution in [-0.2, 0) is 34.2 Å². The molecule has 3 aromatic rings. The lowest BCUT2D eigenvalue weighted by molar-refractivity contribution is -0.138. The van der Waals surface area contributed by atoms with Gasteiger partial charge in [0.2, 0.25) is 0 Å². The smallest absolute Gasteiger partial charge is 0.316 e. The summed E-state index contributed by atoms with van der Waals surface area (Å²) in [5.74, 6) is 1.38. The average Bonchev–Trinajstić information content (AvgIpc) is 2.90. The highest BCUT2D eigenvalue weighted by atomic mass is 32.2. The van der Waals surface area contributed by atoms with E-state index in [1.54, 1.807) is 55.5 Å². The van der Waals surface area contributed by atoms with Gasteiger partial charge >= 0.3 is 11.9 Å². The Kier molecular flexibility index (Phi) is 8.86. The van der Waals surface area contributed by atoms with Crippen LogP contribution in [0.3, 0.4) is 0 Å². The quantitative estimate of drug-likeness (QED) is 0.320. The first-order valence-corrected chi connectivity index (χ1v) is 14.0. The van der Waals surface area contributed by atoms with Crippen molar-refractivity contribution in [1.82, 2.24) is 4.31 Å². The Bertz CT molecular complexity index is 1520. The SMILES string of the molecule is COC(=O)[C](CN(C(=O)C#Cc1ccccc1)S(=O)(=O)c1ccc(C)cc1)CS(=O)(=O)c1ccccc1. The maximum absolute atomic E-state index is 13.5. The molecule has 0 fully saturated rings. The molecule has 8 nitrogen and oxygen atoms in total. The minimum Gasteiger partial charge on any atom is -0.468 e. The molecule has 0 bridgehead atoms. The van der Waals surface area contributed by atoms with E-state index in [4.69, 9.17) is 4.74 Å². The third kappa shape index (κ3) is 7.06. The molecular weight excluding hydrogens is 514 g/mol. The topological polar surface area (TPSA) is 115 Å². The van der Waals surface area contributed by atoms with Gasteiger partial charge in [0.1, 0.15) is 5.92 Å². The summed E-state index contributed by atoms with van der Waals surface area (Å²) in [6.45, 7) is 0.902. The van der Waals surface area contributed by atoms with Crippen LogP contribution in [0.1, 0.15) is 11.1 Å². The first kappa shape index (κ1) is 27.6. The minimum absolute atomic E-state index is 0.0699. The third-order valence-corrected chi connectivity index (χ3v) is 8.66. The maximum Gasteiger partial charge on any atom is 0.316 e. The molecular formula is C27H24NO7S2. The molecule has 0 saturated heterocycles. The van der Waals surface area contributed by atoms with Crippen molar-refractivity contribution in [1.29, 1.82) is 0 Å². The summed E-state index contributed by atoms with van der Waals surface area (Å²) in [5, 5.41) is 0.